The van der Waals surface area contributed by atoms with Gasteiger partial charge in [-0.25, -0.2) is 0 Å². The first-order valence-corrected chi connectivity index (χ1v) is 7.31. The van der Waals surface area contributed by atoms with Crippen LogP contribution in [-0.2, 0) is 9.59 Å². The number of amides is 1. The zero-order valence-corrected chi connectivity index (χ0v) is 12.4. The predicted octanol–water partition coefficient (Wildman–Crippen LogP) is 3.21. The van der Waals surface area contributed by atoms with E-state index in [1.165, 1.54) is 0 Å². The molecule has 0 spiro atoms. The van der Waals surface area contributed by atoms with Crippen molar-refractivity contribution >= 4 is 23.2 Å². The average molecular weight is 283 g/mol. The van der Waals surface area contributed by atoms with E-state index in [9.17, 15) is 9.59 Å². The fraction of sp³-hybridized carbons (Fsp3) is 0.571. The van der Waals surface area contributed by atoms with Gasteiger partial charge in [0.25, 0.3) is 0 Å². The van der Waals surface area contributed by atoms with Gasteiger partial charge in [0.2, 0.25) is 5.91 Å². The quantitative estimate of drug-likeness (QED) is 0.807. The number of carboxylic acid groups (broad SMARTS) is 1. The number of nitrogens with one attached hydrogen (secondary N) is 1. The van der Waals surface area contributed by atoms with Gasteiger partial charge in [-0.3, -0.25) is 9.59 Å². The van der Waals surface area contributed by atoms with E-state index in [0.29, 0.717) is 0 Å². The molecule has 0 saturated heterocycles. The second kappa shape index (κ2) is 6.70. The van der Waals surface area contributed by atoms with Gasteiger partial charge in [-0.05, 0) is 31.7 Å². The monoisotopic (exact) mass is 283 g/mol. The number of thiophene rings is 1. The molecule has 0 bridgehead atoms. The van der Waals surface area contributed by atoms with Gasteiger partial charge in [0.15, 0.2) is 0 Å². The van der Waals surface area contributed by atoms with Crippen LogP contribution >= 0.6 is 11.3 Å². The minimum Gasteiger partial charge on any atom is -0.481 e. The van der Waals surface area contributed by atoms with E-state index in [2.05, 4.69) is 12.2 Å². The second-order valence-electron chi connectivity index (χ2n) is 5.29. The maximum Gasteiger partial charge on any atom is 0.309 e. The van der Waals surface area contributed by atoms with Crippen LogP contribution < -0.4 is 5.32 Å². The topological polar surface area (TPSA) is 66.4 Å². The predicted molar refractivity (Wildman–Crippen MR) is 76.1 cm³/mol. The second-order valence-corrected chi connectivity index (χ2v) is 6.27. The van der Waals surface area contributed by atoms with Crippen molar-refractivity contribution in [1.29, 1.82) is 0 Å². The molecule has 0 aromatic carbocycles. The van der Waals surface area contributed by atoms with E-state index in [-0.39, 0.29) is 18.4 Å². The summed E-state index contributed by atoms with van der Waals surface area (Å²) in [4.78, 5) is 24.1. The Hall–Kier alpha value is -1.36. The fourth-order valence-electron chi connectivity index (χ4n) is 1.79. The van der Waals surface area contributed by atoms with Crippen molar-refractivity contribution < 1.29 is 14.7 Å². The minimum atomic E-state index is -1.03. The van der Waals surface area contributed by atoms with Crippen molar-refractivity contribution in [2.45, 2.75) is 46.1 Å². The zero-order valence-electron chi connectivity index (χ0n) is 11.6. The summed E-state index contributed by atoms with van der Waals surface area (Å²) >= 11 is 1.61. The van der Waals surface area contributed by atoms with E-state index in [4.69, 9.17) is 5.11 Å². The van der Waals surface area contributed by atoms with Crippen LogP contribution in [0.2, 0.25) is 0 Å². The molecule has 0 aliphatic rings. The van der Waals surface area contributed by atoms with E-state index < -0.39 is 11.4 Å². The molecule has 0 radical (unpaired) electrons. The number of hydrogen-bond donors (Lipinski definition) is 2. The van der Waals surface area contributed by atoms with Crippen LogP contribution in [0.15, 0.2) is 17.5 Å². The number of carbonyl (C=O) groups excluding carboxylic acids is 1. The molecule has 5 heteroatoms. The van der Waals surface area contributed by atoms with Gasteiger partial charge in [-0.15, -0.1) is 11.3 Å². The molecule has 0 aliphatic carbocycles. The Kier molecular flexibility index (Phi) is 5.54. The molecule has 1 unspecified atom stereocenters. The first-order valence-electron chi connectivity index (χ1n) is 6.43. The Morgan fingerprint density at radius 1 is 1.47 bits per heavy atom. The molecule has 1 atom stereocenters. The van der Waals surface area contributed by atoms with Crippen molar-refractivity contribution in [3.8, 4) is 0 Å². The summed E-state index contributed by atoms with van der Waals surface area (Å²) in [6.45, 7) is 5.19. The lowest BCUT2D eigenvalue weighted by Gasteiger charge is -2.21. The minimum absolute atomic E-state index is 0.00603. The fourth-order valence-corrected chi connectivity index (χ4v) is 2.60. The molecule has 1 amide bonds. The molecule has 106 valence electrons. The lowest BCUT2D eigenvalue weighted by atomic mass is 9.89. The summed E-state index contributed by atoms with van der Waals surface area (Å²) in [7, 11) is 0. The molecule has 1 rings (SSSR count). The lowest BCUT2D eigenvalue weighted by molar-refractivity contribution is -0.149. The molecule has 19 heavy (non-hydrogen) atoms. The summed E-state index contributed by atoms with van der Waals surface area (Å²) in [6, 6.07) is 3.94. The Morgan fingerprint density at radius 2 is 2.16 bits per heavy atom. The number of carboxylic acids is 1. The molecular formula is C14H21NO3S. The maximum atomic E-state index is 12.0. The van der Waals surface area contributed by atoms with Crippen LogP contribution in [0.1, 0.15) is 51.0 Å². The van der Waals surface area contributed by atoms with Gasteiger partial charge >= 0.3 is 5.97 Å². The van der Waals surface area contributed by atoms with E-state index >= 15 is 0 Å². The van der Waals surface area contributed by atoms with E-state index in [1.807, 2.05) is 17.5 Å². The van der Waals surface area contributed by atoms with Gasteiger partial charge in [0, 0.05) is 11.3 Å². The van der Waals surface area contributed by atoms with Crippen LogP contribution in [0.4, 0.5) is 0 Å². The smallest absolute Gasteiger partial charge is 0.309 e. The number of hydrogen-bond acceptors (Lipinski definition) is 3. The van der Waals surface area contributed by atoms with Crippen molar-refractivity contribution in [2.75, 3.05) is 0 Å². The Bertz CT molecular complexity index is 426. The number of aliphatic carboxylic acids is 1. The van der Waals surface area contributed by atoms with Gasteiger partial charge in [-0.2, -0.15) is 0 Å². The average Bonchev–Trinajstić information content (AvgIpc) is 2.80. The normalized spacial score (nSPS) is 13.0. The number of carbonyl (C=O) groups is 2. The van der Waals surface area contributed by atoms with Crippen LogP contribution in [0, 0.1) is 5.41 Å². The molecule has 1 aromatic heterocycles. The van der Waals surface area contributed by atoms with Crippen LogP contribution in [0.25, 0.3) is 0 Å². The largest absolute Gasteiger partial charge is 0.481 e. The molecule has 1 aromatic rings. The summed E-state index contributed by atoms with van der Waals surface area (Å²) in [5.41, 5.74) is -1.03. The third kappa shape index (κ3) is 4.67. The third-order valence-electron chi connectivity index (χ3n) is 2.98. The summed E-state index contributed by atoms with van der Waals surface area (Å²) in [6.07, 6.45) is 1.82. The highest BCUT2D eigenvalue weighted by Gasteiger charge is 2.30. The van der Waals surface area contributed by atoms with E-state index in [0.717, 1.165) is 17.7 Å². The Balaban J connectivity index is 2.65. The van der Waals surface area contributed by atoms with Crippen molar-refractivity contribution in [3.05, 3.63) is 22.4 Å². The van der Waals surface area contributed by atoms with Crippen molar-refractivity contribution in [3.63, 3.8) is 0 Å². The van der Waals surface area contributed by atoms with Gasteiger partial charge in [0.1, 0.15) is 0 Å². The molecule has 0 aliphatic heterocycles. The van der Waals surface area contributed by atoms with Crippen LogP contribution in [0.3, 0.4) is 0 Å². The van der Waals surface area contributed by atoms with Crippen LogP contribution in [-0.4, -0.2) is 17.0 Å². The Morgan fingerprint density at radius 3 is 2.63 bits per heavy atom. The molecular weight excluding hydrogens is 262 g/mol. The maximum absolute atomic E-state index is 12.0. The first-order chi connectivity index (χ1) is 8.86. The third-order valence-corrected chi connectivity index (χ3v) is 3.97. The highest BCUT2D eigenvalue weighted by molar-refractivity contribution is 7.10. The standard InChI is InChI=1S/C14H21NO3S/c1-4-6-10(11-7-5-8-19-11)15-12(16)9-14(2,3)13(17)18/h5,7-8,10H,4,6,9H2,1-3H3,(H,15,16)(H,17,18). The zero-order chi connectivity index (χ0) is 14.5. The van der Waals surface area contributed by atoms with Crippen LogP contribution in [0.5, 0.6) is 0 Å². The van der Waals surface area contributed by atoms with Gasteiger partial charge in [0.05, 0.1) is 11.5 Å². The van der Waals surface area contributed by atoms with Crippen molar-refractivity contribution in [2.24, 2.45) is 5.41 Å². The SMILES string of the molecule is CCCC(NC(=O)CC(C)(C)C(=O)O)c1cccs1. The Labute approximate surface area is 117 Å². The van der Waals surface area contributed by atoms with Crippen molar-refractivity contribution in [1.82, 2.24) is 5.32 Å². The highest BCUT2D eigenvalue weighted by atomic mass is 32.1. The molecule has 1 heterocycles. The first kappa shape index (κ1) is 15.7. The summed E-state index contributed by atoms with van der Waals surface area (Å²) < 4.78 is 0. The molecule has 0 saturated carbocycles. The van der Waals surface area contributed by atoms with Gasteiger partial charge < -0.3 is 10.4 Å². The lowest BCUT2D eigenvalue weighted by Crippen LogP contribution is -2.35. The number of rotatable bonds is 7. The summed E-state index contributed by atoms with van der Waals surface area (Å²) in [5.74, 6) is -1.16. The molecule has 4 nitrogen and oxygen atoms in total. The summed E-state index contributed by atoms with van der Waals surface area (Å²) in [5, 5.41) is 14.0. The van der Waals surface area contributed by atoms with Gasteiger partial charge in [-0.1, -0.05) is 19.4 Å². The molecule has 0 fully saturated rings. The molecule has 2 N–H and O–H groups in total. The van der Waals surface area contributed by atoms with E-state index in [1.54, 1.807) is 25.2 Å². The highest BCUT2D eigenvalue weighted by Crippen LogP contribution is 2.25.